The van der Waals surface area contributed by atoms with Crippen LogP contribution >= 0.6 is 23.5 Å². The molecule has 3 nitrogen and oxygen atoms in total. The van der Waals surface area contributed by atoms with Gasteiger partial charge in [0.2, 0.25) is 0 Å². The van der Waals surface area contributed by atoms with E-state index in [1.165, 1.54) is 15.4 Å². The van der Waals surface area contributed by atoms with Crippen LogP contribution in [-0.2, 0) is 15.9 Å². The molecule has 0 saturated carbocycles. The highest BCUT2D eigenvalue weighted by Crippen LogP contribution is 2.24. The third-order valence-corrected chi connectivity index (χ3v) is 5.24. The maximum atomic E-state index is 10.7. The smallest absolute Gasteiger partial charge is 0.279 e. The average molecular weight is 411 g/mol. The van der Waals surface area contributed by atoms with Crippen LogP contribution in [0.5, 0.6) is 0 Å². The van der Waals surface area contributed by atoms with E-state index in [2.05, 4.69) is 61.5 Å². The number of thioether (sulfide) groups is 2. The Morgan fingerprint density at radius 3 is 1.84 bits per heavy atom. The first kappa shape index (κ1) is 21.9. The van der Waals surface area contributed by atoms with Crippen molar-refractivity contribution in [1.82, 2.24) is 0 Å². The fourth-order valence-corrected chi connectivity index (χ4v) is 3.07. The number of alkyl halides is 3. The van der Waals surface area contributed by atoms with Gasteiger partial charge in [-0.25, -0.2) is 0 Å². The molecule has 0 aromatic heterocycles. The second kappa shape index (κ2) is 10.1. The number of hydrogen-bond acceptors (Lipinski definition) is 4. The minimum atomic E-state index is -5.84. The van der Waals surface area contributed by atoms with Crippen molar-refractivity contribution >= 4 is 33.6 Å². The highest BCUT2D eigenvalue weighted by molar-refractivity contribution is 7.99. The zero-order valence-corrected chi connectivity index (χ0v) is 15.7. The largest absolute Gasteiger partial charge is 0.522 e. The lowest BCUT2D eigenvalue weighted by atomic mass is 10.2. The predicted molar refractivity (Wildman–Crippen MR) is 96.4 cm³/mol. The highest BCUT2D eigenvalue weighted by atomic mass is 32.2. The summed E-state index contributed by atoms with van der Waals surface area (Å²) in [7, 11) is -5.84. The van der Waals surface area contributed by atoms with E-state index in [4.69, 9.17) is 13.0 Å². The molecule has 0 saturated heterocycles. The maximum absolute atomic E-state index is 10.7. The minimum absolute atomic E-state index is 1.04. The molecule has 138 valence electrons. The van der Waals surface area contributed by atoms with E-state index in [9.17, 15) is 13.2 Å². The van der Waals surface area contributed by atoms with E-state index < -0.39 is 15.6 Å². The van der Waals surface area contributed by atoms with E-state index in [-0.39, 0.29) is 0 Å². The summed E-state index contributed by atoms with van der Waals surface area (Å²) in [5, 5.41) is 0. The van der Waals surface area contributed by atoms with Crippen LogP contribution < -0.4 is 0 Å². The van der Waals surface area contributed by atoms with Crippen molar-refractivity contribution in [1.29, 1.82) is 0 Å². The molecule has 0 aliphatic carbocycles. The van der Waals surface area contributed by atoms with E-state index in [1.54, 1.807) is 0 Å². The molecule has 2 aromatic carbocycles. The van der Waals surface area contributed by atoms with Gasteiger partial charge in [-0.2, -0.15) is 21.6 Å². The summed E-state index contributed by atoms with van der Waals surface area (Å²) >= 11 is 3.78. The monoisotopic (exact) mass is 410 g/mol. The summed E-state index contributed by atoms with van der Waals surface area (Å²) < 4.78 is 57.5. The second-order valence-corrected chi connectivity index (χ2v) is 8.40. The molecular formula is C16H17F3O3S3. The standard InChI is InChI=1S/C15H16S2.CHF3O3S/c1-2-16-15-10-8-13(9-11-15)12-17-14-6-4-3-5-7-14;2-1(3,4)8(5,6)7/h3-11H,2,12H2,1H3;(H,5,6,7). The van der Waals surface area contributed by atoms with Gasteiger partial charge in [0.05, 0.1) is 0 Å². The Hall–Kier alpha value is -1.16. The van der Waals surface area contributed by atoms with E-state index >= 15 is 0 Å². The molecule has 2 rings (SSSR count). The van der Waals surface area contributed by atoms with Crippen LogP contribution in [0.1, 0.15) is 12.5 Å². The van der Waals surface area contributed by atoms with Crippen molar-refractivity contribution in [3.63, 3.8) is 0 Å². The quantitative estimate of drug-likeness (QED) is 0.402. The fourth-order valence-electron chi connectivity index (χ4n) is 1.53. The first-order chi connectivity index (χ1) is 11.6. The summed E-state index contributed by atoms with van der Waals surface area (Å²) in [6.45, 7) is 2.18. The molecule has 25 heavy (non-hydrogen) atoms. The molecule has 9 heteroatoms. The van der Waals surface area contributed by atoms with Gasteiger partial charge in [0.1, 0.15) is 0 Å². The van der Waals surface area contributed by atoms with Crippen molar-refractivity contribution < 1.29 is 26.1 Å². The van der Waals surface area contributed by atoms with E-state index in [0.717, 1.165) is 11.5 Å². The van der Waals surface area contributed by atoms with Gasteiger partial charge in [-0.05, 0) is 35.6 Å². The Kier molecular flexibility index (Phi) is 8.84. The molecule has 0 heterocycles. The third kappa shape index (κ3) is 8.66. The Morgan fingerprint density at radius 1 is 0.920 bits per heavy atom. The Balaban J connectivity index is 0.000000333. The van der Waals surface area contributed by atoms with Crippen LogP contribution in [0.15, 0.2) is 64.4 Å². The summed E-state index contributed by atoms with van der Waals surface area (Å²) in [5.74, 6) is 2.18. The number of rotatable bonds is 5. The zero-order valence-electron chi connectivity index (χ0n) is 13.2. The minimum Gasteiger partial charge on any atom is -0.279 e. The molecule has 0 amide bonds. The van der Waals surface area contributed by atoms with Gasteiger partial charge in [-0.3, -0.25) is 4.55 Å². The molecule has 0 radical (unpaired) electrons. The summed E-state index contributed by atoms with van der Waals surface area (Å²) in [5.41, 5.74) is -4.15. The molecule has 0 aliphatic rings. The normalized spacial score (nSPS) is 11.6. The molecule has 1 N–H and O–H groups in total. The Morgan fingerprint density at radius 2 is 1.40 bits per heavy atom. The van der Waals surface area contributed by atoms with Crippen molar-refractivity contribution in [3.05, 3.63) is 60.2 Å². The lowest BCUT2D eigenvalue weighted by Gasteiger charge is -2.03. The third-order valence-electron chi connectivity index (χ3n) is 2.68. The van der Waals surface area contributed by atoms with Crippen LogP contribution in [0.2, 0.25) is 0 Å². The molecule has 0 fully saturated rings. The second-order valence-electron chi connectivity index (χ2n) is 4.60. The van der Waals surface area contributed by atoms with Crippen LogP contribution in [0.3, 0.4) is 0 Å². The van der Waals surface area contributed by atoms with Crippen molar-refractivity contribution in [2.45, 2.75) is 28.0 Å². The highest BCUT2D eigenvalue weighted by Gasteiger charge is 2.44. The van der Waals surface area contributed by atoms with Gasteiger partial charge in [0.15, 0.2) is 0 Å². The average Bonchev–Trinajstić information content (AvgIpc) is 2.54. The molecule has 0 unspecified atom stereocenters. The Bertz CT molecular complexity index is 731. The SMILES string of the molecule is CCSc1ccc(CSc2ccccc2)cc1.O=S(=O)(O)C(F)(F)F. The molecule has 0 atom stereocenters. The summed E-state index contributed by atoms with van der Waals surface area (Å²) in [4.78, 5) is 2.69. The number of halogens is 3. The molecular weight excluding hydrogens is 393 g/mol. The van der Waals surface area contributed by atoms with E-state index in [0.29, 0.717) is 0 Å². The number of hydrogen-bond donors (Lipinski definition) is 1. The molecule has 0 aliphatic heterocycles. The number of benzene rings is 2. The van der Waals surface area contributed by atoms with Crippen LogP contribution in [0.4, 0.5) is 13.2 Å². The Labute approximate surface area is 153 Å². The summed E-state index contributed by atoms with van der Waals surface area (Å²) in [6, 6.07) is 19.4. The molecule has 2 aromatic rings. The predicted octanol–water partition coefficient (Wildman–Crippen LogP) is 5.48. The molecule has 0 bridgehead atoms. The first-order valence-corrected chi connectivity index (χ1v) is 10.5. The molecule has 0 spiro atoms. The fraction of sp³-hybridized carbons (Fsp3) is 0.250. The van der Waals surface area contributed by atoms with Crippen molar-refractivity contribution in [2.75, 3.05) is 5.75 Å². The summed E-state index contributed by atoms with van der Waals surface area (Å²) in [6.07, 6.45) is 0. The zero-order chi connectivity index (χ0) is 18.9. The van der Waals surface area contributed by atoms with Crippen molar-refractivity contribution in [2.24, 2.45) is 0 Å². The van der Waals surface area contributed by atoms with Gasteiger partial charge < -0.3 is 0 Å². The van der Waals surface area contributed by atoms with E-state index in [1.807, 2.05) is 23.5 Å². The van der Waals surface area contributed by atoms with Gasteiger partial charge in [-0.15, -0.1) is 23.5 Å². The van der Waals surface area contributed by atoms with Gasteiger partial charge in [0, 0.05) is 15.5 Å². The lowest BCUT2D eigenvalue weighted by molar-refractivity contribution is -0.0510. The van der Waals surface area contributed by atoms with Crippen molar-refractivity contribution in [3.8, 4) is 0 Å². The van der Waals surface area contributed by atoms with Gasteiger partial charge >= 0.3 is 15.6 Å². The van der Waals surface area contributed by atoms with Crippen LogP contribution in [0.25, 0.3) is 0 Å². The first-order valence-electron chi connectivity index (χ1n) is 7.07. The van der Waals surface area contributed by atoms with Crippen LogP contribution in [-0.4, -0.2) is 24.2 Å². The maximum Gasteiger partial charge on any atom is 0.522 e. The van der Waals surface area contributed by atoms with Crippen LogP contribution in [0, 0.1) is 0 Å². The lowest BCUT2D eigenvalue weighted by Crippen LogP contribution is -2.21. The van der Waals surface area contributed by atoms with Gasteiger partial charge in [0.25, 0.3) is 0 Å². The van der Waals surface area contributed by atoms with Gasteiger partial charge in [-0.1, -0.05) is 37.3 Å². The topological polar surface area (TPSA) is 54.4 Å².